The zero-order valence-corrected chi connectivity index (χ0v) is 9.15. The number of anilines is 1. The second kappa shape index (κ2) is 4.80. The molecule has 0 amide bonds. The normalized spacial score (nSPS) is 9.88. The molecule has 1 aromatic rings. The van der Waals surface area contributed by atoms with Gasteiger partial charge in [-0.05, 0) is 0 Å². The van der Waals surface area contributed by atoms with Crippen LogP contribution in [0.5, 0.6) is 5.75 Å². The molecule has 0 saturated heterocycles. The van der Waals surface area contributed by atoms with Gasteiger partial charge < -0.3 is 10.5 Å². The number of alkyl halides is 1. The molecular weight excluding hydrogens is 236 g/mol. The number of ether oxygens (including phenoxy) is 1. The maximum absolute atomic E-state index is 11.5. The fourth-order valence-electron chi connectivity index (χ4n) is 1.27. The van der Waals surface area contributed by atoms with E-state index in [1.807, 2.05) is 0 Å². The van der Waals surface area contributed by atoms with Gasteiger partial charge in [0.1, 0.15) is 11.3 Å². The van der Waals surface area contributed by atoms with E-state index in [1.165, 1.54) is 13.2 Å². The maximum atomic E-state index is 11.5. The van der Waals surface area contributed by atoms with Crippen LogP contribution < -0.4 is 10.5 Å². The summed E-state index contributed by atoms with van der Waals surface area (Å²) in [4.78, 5) is 21.5. The Hall–Kier alpha value is -1.82. The van der Waals surface area contributed by atoms with Crippen LogP contribution in [0.15, 0.2) is 12.1 Å². The molecule has 86 valence electrons. The van der Waals surface area contributed by atoms with Crippen LogP contribution in [-0.4, -0.2) is 23.7 Å². The maximum Gasteiger partial charge on any atom is 0.286 e. The highest BCUT2D eigenvalue weighted by Gasteiger charge is 2.25. The number of carbonyl (C=O) groups excluding carboxylic acids is 1. The number of hydrogen-bond acceptors (Lipinski definition) is 5. The van der Waals surface area contributed by atoms with Gasteiger partial charge >= 0.3 is 0 Å². The average Bonchev–Trinajstić information content (AvgIpc) is 2.26. The van der Waals surface area contributed by atoms with Crippen LogP contribution in [0.1, 0.15) is 10.4 Å². The monoisotopic (exact) mass is 244 g/mol. The van der Waals surface area contributed by atoms with Crippen molar-refractivity contribution in [1.29, 1.82) is 0 Å². The first-order chi connectivity index (χ1) is 7.51. The Morgan fingerprint density at radius 3 is 2.69 bits per heavy atom. The van der Waals surface area contributed by atoms with E-state index in [2.05, 4.69) is 0 Å². The SMILES string of the molecule is COc1cc(N)cc([N+](=O)[O-])c1C(=O)CCl. The predicted molar refractivity (Wildman–Crippen MR) is 59.1 cm³/mol. The van der Waals surface area contributed by atoms with E-state index in [9.17, 15) is 14.9 Å². The van der Waals surface area contributed by atoms with Crippen molar-refractivity contribution in [3.8, 4) is 5.75 Å². The zero-order chi connectivity index (χ0) is 12.3. The Balaban J connectivity index is 3.51. The van der Waals surface area contributed by atoms with E-state index in [1.54, 1.807) is 0 Å². The molecule has 0 spiro atoms. The second-order valence-electron chi connectivity index (χ2n) is 2.93. The molecule has 1 rings (SSSR count). The molecule has 6 nitrogen and oxygen atoms in total. The lowest BCUT2D eigenvalue weighted by Gasteiger charge is -2.07. The van der Waals surface area contributed by atoms with Gasteiger partial charge in [0.05, 0.1) is 17.9 Å². The summed E-state index contributed by atoms with van der Waals surface area (Å²) < 4.78 is 4.88. The minimum absolute atomic E-state index is 0.0531. The highest BCUT2D eigenvalue weighted by Crippen LogP contribution is 2.32. The minimum atomic E-state index is -0.696. The van der Waals surface area contributed by atoms with Crippen molar-refractivity contribution in [3.63, 3.8) is 0 Å². The van der Waals surface area contributed by atoms with Crippen molar-refractivity contribution in [2.75, 3.05) is 18.7 Å². The van der Waals surface area contributed by atoms with Gasteiger partial charge in [-0.15, -0.1) is 11.6 Å². The molecule has 0 bridgehead atoms. The fourth-order valence-corrected chi connectivity index (χ4v) is 1.41. The molecule has 0 aliphatic rings. The topological polar surface area (TPSA) is 95.5 Å². The highest BCUT2D eigenvalue weighted by molar-refractivity contribution is 6.31. The molecule has 0 aliphatic carbocycles. The number of nitrogens with zero attached hydrogens (tertiary/aromatic N) is 1. The van der Waals surface area contributed by atoms with Crippen LogP contribution in [0, 0.1) is 10.1 Å². The summed E-state index contributed by atoms with van der Waals surface area (Å²) in [5.41, 5.74) is 5.05. The number of Topliss-reactive ketones (excluding diaryl/α,β-unsaturated/α-hetero) is 1. The summed E-state index contributed by atoms with van der Waals surface area (Å²) in [5, 5.41) is 10.8. The quantitative estimate of drug-likeness (QED) is 0.285. The van der Waals surface area contributed by atoms with E-state index >= 15 is 0 Å². The molecule has 16 heavy (non-hydrogen) atoms. The number of rotatable bonds is 4. The van der Waals surface area contributed by atoms with Crippen molar-refractivity contribution in [2.24, 2.45) is 0 Å². The van der Waals surface area contributed by atoms with Gasteiger partial charge in [0.15, 0.2) is 5.78 Å². The second-order valence-corrected chi connectivity index (χ2v) is 3.20. The van der Waals surface area contributed by atoms with Gasteiger partial charge in [-0.25, -0.2) is 0 Å². The number of ketones is 1. The van der Waals surface area contributed by atoms with E-state index in [0.717, 1.165) is 6.07 Å². The Bertz CT molecular complexity index is 447. The van der Waals surface area contributed by atoms with Gasteiger partial charge in [-0.3, -0.25) is 14.9 Å². The molecule has 0 unspecified atom stereocenters. The minimum Gasteiger partial charge on any atom is -0.496 e. The van der Waals surface area contributed by atoms with Gasteiger partial charge in [0, 0.05) is 17.8 Å². The van der Waals surface area contributed by atoms with Crippen molar-refractivity contribution >= 4 is 28.8 Å². The molecule has 7 heteroatoms. The molecule has 2 N–H and O–H groups in total. The Labute approximate surface area is 96.1 Å². The number of carbonyl (C=O) groups is 1. The van der Waals surface area contributed by atoms with E-state index in [4.69, 9.17) is 22.1 Å². The smallest absolute Gasteiger partial charge is 0.286 e. The number of nitro groups is 1. The third kappa shape index (κ3) is 2.22. The van der Waals surface area contributed by atoms with E-state index in [0.29, 0.717) is 0 Å². The fraction of sp³-hybridized carbons (Fsp3) is 0.222. The van der Waals surface area contributed by atoms with Gasteiger partial charge in [0.25, 0.3) is 5.69 Å². The average molecular weight is 245 g/mol. The van der Waals surface area contributed by atoms with Crippen LogP contribution in [0.3, 0.4) is 0 Å². The molecule has 0 atom stereocenters. The van der Waals surface area contributed by atoms with Crippen LogP contribution in [0.2, 0.25) is 0 Å². The summed E-state index contributed by atoms with van der Waals surface area (Å²) in [6.07, 6.45) is 0. The molecule has 0 radical (unpaired) electrons. The zero-order valence-electron chi connectivity index (χ0n) is 8.40. The number of halogens is 1. The first-order valence-corrected chi connectivity index (χ1v) is 4.75. The lowest BCUT2D eigenvalue weighted by molar-refractivity contribution is -0.385. The predicted octanol–water partition coefficient (Wildman–Crippen LogP) is 1.61. The molecule has 0 aliphatic heterocycles. The summed E-state index contributed by atoms with van der Waals surface area (Å²) in [6, 6.07) is 2.44. The van der Waals surface area contributed by atoms with Gasteiger partial charge in [-0.1, -0.05) is 0 Å². The van der Waals surface area contributed by atoms with Gasteiger partial charge in [0.2, 0.25) is 0 Å². The van der Waals surface area contributed by atoms with Crippen LogP contribution in [0.25, 0.3) is 0 Å². The van der Waals surface area contributed by atoms with Crippen LogP contribution in [0.4, 0.5) is 11.4 Å². The van der Waals surface area contributed by atoms with Crippen LogP contribution in [-0.2, 0) is 0 Å². The lowest BCUT2D eigenvalue weighted by atomic mass is 10.1. The molecule has 0 heterocycles. The van der Waals surface area contributed by atoms with E-state index in [-0.39, 0.29) is 22.9 Å². The van der Waals surface area contributed by atoms with Crippen molar-refractivity contribution in [1.82, 2.24) is 0 Å². The van der Waals surface area contributed by atoms with Gasteiger partial charge in [-0.2, -0.15) is 0 Å². The largest absolute Gasteiger partial charge is 0.496 e. The number of nitro benzene ring substituents is 1. The summed E-state index contributed by atoms with van der Waals surface area (Å²) >= 11 is 5.37. The van der Waals surface area contributed by atoms with Crippen LogP contribution >= 0.6 is 11.6 Å². The number of methoxy groups -OCH3 is 1. The Morgan fingerprint density at radius 1 is 1.62 bits per heavy atom. The summed E-state index contributed by atoms with van der Waals surface area (Å²) in [5.74, 6) is -0.885. The third-order valence-corrected chi connectivity index (χ3v) is 2.16. The summed E-state index contributed by atoms with van der Waals surface area (Å²) in [6.45, 7) is 0. The Morgan fingerprint density at radius 2 is 2.25 bits per heavy atom. The number of nitrogen functional groups attached to an aromatic ring is 1. The highest BCUT2D eigenvalue weighted by atomic mass is 35.5. The number of hydrogen-bond donors (Lipinski definition) is 1. The molecular formula is C9H9ClN2O4. The first-order valence-electron chi connectivity index (χ1n) is 4.22. The van der Waals surface area contributed by atoms with Crippen molar-refractivity contribution in [2.45, 2.75) is 0 Å². The third-order valence-electron chi connectivity index (χ3n) is 1.92. The molecule has 1 aromatic carbocycles. The molecule has 0 fully saturated rings. The Kier molecular flexibility index (Phi) is 3.68. The number of benzene rings is 1. The standard InChI is InChI=1S/C9H9ClN2O4/c1-16-8-3-5(11)2-6(12(14)15)9(8)7(13)4-10/h2-3H,4,11H2,1H3. The van der Waals surface area contributed by atoms with Crippen molar-refractivity contribution in [3.05, 3.63) is 27.8 Å². The molecule has 0 saturated carbocycles. The summed E-state index contributed by atoms with van der Waals surface area (Å²) in [7, 11) is 1.30. The molecule has 0 aromatic heterocycles. The van der Waals surface area contributed by atoms with E-state index < -0.39 is 16.4 Å². The first kappa shape index (κ1) is 12.3. The number of nitrogens with two attached hydrogens (primary N) is 1. The lowest BCUT2D eigenvalue weighted by Crippen LogP contribution is -2.08. The van der Waals surface area contributed by atoms with Crippen molar-refractivity contribution < 1.29 is 14.5 Å².